The van der Waals surface area contributed by atoms with Gasteiger partial charge in [-0.1, -0.05) is 24.3 Å². The first-order valence-corrected chi connectivity index (χ1v) is 24.2. The molecule has 2 amide bonds. The highest BCUT2D eigenvalue weighted by molar-refractivity contribution is 6.46. The summed E-state index contributed by atoms with van der Waals surface area (Å²) in [6.07, 6.45) is 2.34. The van der Waals surface area contributed by atoms with Crippen molar-refractivity contribution in [3.63, 3.8) is 0 Å². The fourth-order valence-corrected chi connectivity index (χ4v) is 9.90. The van der Waals surface area contributed by atoms with Crippen molar-refractivity contribution in [1.29, 1.82) is 0 Å². The molecule has 0 radical (unpaired) electrons. The van der Waals surface area contributed by atoms with Crippen LogP contribution in [0.1, 0.15) is 36.8 Å². The van der Waals surface area contributed by atoms with Gasteiger partial charge in [-0.2, -0.15) is 0 Å². The molecule has 6 aliphatic rings. The third-order valence-electron chi connectivity index (χ3n) is 13.5. The van der Waals surface area contributed by atoms with Gasteiger partial charge in [0.05, 0.1) is 53.4 Å². The number of hydrogen-bond acceptors (Lipinski definition) is 15. The van der Waals surface area contributed by atoms with Gasteiger partial charge in [0.25, 0.3) is 0 Å². The number of esters is 2. The standard InChI is InChI=1S/C23H32BN3O7.C22H29N3O6.CH2Cl2.ClH/c1-24(32)25-16(22(29)30)13-14-3-5-15(6-4-14)33-23(31)20-18-8-7-17(34-18)19(20)21(28)27-11-9-26(2)10-12-27;1-24-8-10-25(11-9-24)20(26)18-16-6-7-17(31-16)19(18)22(29)30-14-4-2-13(3-5-14)12-15(23)21(27)28;2-1-3;/h3-6,16-20,25,32H,7-13H2,1-2H3,(H,29,30);2-5,15-19H,6-12,23H2,1H3,(H,27,28);1H2;1H. The molecule has 10 atom stereocenters. The first-order chi connectivity index (χ1) is 32.5. The second-order valence-electron chi connectivity index (χ2n) is 18.3. The molecule has 6 N–H and O–H groups in total. The molecule has 2 aromatic carbocycles. The van der Waals surface area contributed by atoms with E-state index in [1.807, 2.05) is 23.9 Å². The number of alkyl halides is 2. The van der Waals surface area contributed by atoms with Crippen LogP contribution in [-0.2, 0) is 51.1 Å². The predicted octanol–water partition coefficient (Wildman–Crippen LogP) is 1.81. The van der Waals surface area contributed by atoms with E-state index in [0.717, 1.165) is 57.4 Å². The molecule has 0 saturated carbocycles. The molecule has 8 rings (SSSR count). The lowest BCUT2D eigenvalue weighted by Crippen LogP contribution is -2.52. The minimum Gasteiger partial charge on any atom is -0.480 e. The summed E-state index contributed by atoms with van der Waals surface area (Å²) in [7, 11) is 3.11. The average Bonchev–Trinajstić information content (AvgIpc) is 4.13. The number of aliphatic carboxylic acids is 2. The van der Waals surface area contributed by atoms with E-state index in [1.165, 1.54) is 6.82 Å². The monoisotopic (exact) mass is 1020 g/mol. The molecule has 2 aromatic rings. The second-order valence-corrected chi connectivity index (χ2v) is 19.1. The fourth-order valence-electron chi connectivity index (χ4n) is 9.90. The van der Waals surface area contributed by atoms with E-state index in [9.17, 15) is 38.9 Å². The van der Waals surface area contributed by atoms with Crippen molar-refractivity contribution >= 4 is 78.4 Å². The Morgan fingerprint density at radius 2 is 1.00 bits per heavy atom. The Bertz CT molecular complexity index is 2060. The van der Waals surface area contributed by atoms with Crippen LogP contribution in [-0.4, -0.2) is 186 Å². The molecule has 23 heteroatoms. The quantitative estimate of drug-likeness (QED) is 0.0784. The number of hydrogen-bond donors (Lipinski definition) is 5. The number of carboxylic acid groups (broad SMARTS) is 2. The number of halogens is 3. The molecular formula is C46H64BCl3N6O13. The van der Waals surface area contributed by atoms with E-state index in [4.69, 9.17) is 53.0 Å². The lowest BCUT2D eigenvalue weighted by atomic mass is 9.78. The van der Waals surface area contributed by atoms with Crippen LogP contribution in [0.5, 0.6) is 11.5 Å². The van der Waals surface area contributed by atoms with Crippen LogP contribution in [0.3, 0.4) is 0 Å². The summed E-state index contributed by atoms with van der Waals surface area (Å²) in [5.74, 6) is -4.65. The number of piperazine rings is 2. The molecular weight excluding hydrogens is 962 g/mol. The smallest absolute Gasteiger partial charge is 0.374 e. The number of rotatable bonds is 14. The fraction of sp³-hybridized carbons (Fsp3) is 0.609. The Labute approximate surface area is 418 Å². The van der Waals surface area contributed by atoms with Gasteiger partial charge in [-0.25, -0.2) is 0 Å². The molecule has 0 aliphatic carbocycles. The van der Waals surface area contributed by atoms with Crippen molar-refractivity contribution < 1.29 is 63.0 Å². The number of nitrogens with two attached hydrogens (primary N) is 1. The SMILES string of the molecule is CB(O)NC(Cc1ccc(OC(=O)C2C3CCC(O3)C2C(=O)N2CCN(C)CC2)cc1)C(=O)O.CN1CCN(C(=O)C2C3CCC(O3)C2C(=O)Oc2ccc(CC(N)C(=O)O)cc2)CC1.Cl.ClCCl. The van der Waals surface area contributed by atoms with Crippen LogP contribution in [0.4, 0.5) is 0 Å². The maximum absolute atomic E-state index is 13.3. The van der Waals surface area contributed by atoms with Crippen LogP contribution in [0.15, 0.2) is 48.5 Å². The number of likely N-dealkylation sites (N-methyl/N-ethyl adjacent to an activating group) is 2. The van der Waals surface area contributed by atoms with Crippen LogP contribution < -0.4 is 20.4 Å². The molecule has 380 valence electrons. The summed E-state index contributed by atoms with van der Waals surface area (Å²) in [6.45, 7) is 7.33. The Morgan fingerprint density at radius 1 is 0.652 bits per heavy atom. The van der Waals surface area contributed by atoms with E-state index < -0.39 is 66.7 Å². The lowest BCUT2D eigenvalue weighted by Gasteiger charge is -2.36. The van der Waals surface area contributed by atoms with E-state index in [2.05, 4.69) is 15.0 Å². The number of carboxylic acids is 2. The van der Waals surface area contributed by atoms with Gasteiger partial charge in [-0.3, -0.25) is 28.8 Å². The Balaban J connectivity index is 0.000000241. The van der Waals surface area contributed by atoms with E-state index in [-0.39, 0.29) is 66.8 Å². The maximum Gasteiger partial charge on any atom is 0.374 e. The Morgan fingerprint density at radius 3 is 1.33 bits per heavy atom. The third-order valence-corrected chi connectivity index (χ3v) is 13.5. The number of benzene rings is 2. The highest BCUT2D eigenvalue weighted by atomic mass is 35.5. The predicted molar refractivity (Wildman–Crippen MR) is 257 cm³/mol. The van der Waals surface area contributed by atoms with Crippen molar-refractivity contribution in [3.8, 4) is 11.5 Å². The van der Waals surface area contributed by atoms with Gasteiger partial charge in [-0.05, 0) is 94.8 Å². The Kier molecular flexibility index (Phi) is 20.9. The van der Waals surface area contributed by atoms with Crippen molar-refractivity contribution in [1.82, 2.24) is 24.8 Å². The van der Waals surface area contributed by atoms with E-state index in [0.29, 0.717) is 43.2 Å². The zero-order valence-electron chi connectivity index (χ0n) is 39.0. The molecule has 6 aliphatic heterocycles. The molecule has 4 bridgehead atoms. The number of carbonyl (C=O) groups is 6. The van der Waals surface area contributed by atoms with Crippen molar-refractivity contribution in [2.45, 2.75) is 81.8 Å². The molecule has 0 aromatic heterocycles. The van der Waals surface area contributed by atoms with Gasteiger partial charge in [0.15, 0.2) is 0 Å². The van der Waals surface area contributed by atoms with Gasteiger partial charge in [0.2, 0.25) is 11.8 Å². The molecule has 10 unspecified atom stereocenters. The van der Waals surface area contributed by atoms with E-state index >= 15 is 0 Å². The number of amides is 2. The van der Waals surface area contributed by atoms with Gasteiger partial charge < -0.3 is 64.7 Å². The number of nitrogens with zero attached hydrogens (tertiary/aromatic N) is 4. The minimum atomic E-state index is -1.07. The molecule has 19 nitrogen and oxygen atoms in total. The zero-order valence-corrected chi connectivity index (χ0v) is 41.4. The number of nitrogens with one attached hydrogen (secondary N) is 1. The first kappa shape index (κ1) is 55.8. The largest absolute Gasteiger partial charge is 0.480 e. The summed E-state index contributed by atoms with van der Waals surface area (Å²) in [5, 5.41) is 30.5. The van der Waals surface area contributed by atoms with Crippen LogP contribution in [0, 0.1) is 23.7 Å². The zero-order chi connectivity index (χ0) is 49.2. The van der Waals surface area contributed by atoms with Gasteiger partial charge in [-0.15, -0.1) is 35.6 Å². The molecule has 69 heavy (non-hydrogen) atoms. The first-order valence-electron chi connectivity index (χ1n) is 23.1. The summed E-state index contributed by atoms with van der Waals surface area (Å²) in [6, 6.07) is 11.3. The lowest BCUT2D eigenvalue weighted by molar-refractivity contribution is -0.149. The molecule has 6 heterocycles. The highest BCUT2D eigenvalue weighted by Gasteiger charge is 2.58. The summed E-state index contributed by atoms with van der Waals surface area (Å²) in [5.41, 5.74) is 7.01. The third kappa shape index (κ3) is 14.5. The Hall–Kier alpha value is -4.09. The molecule has 6 saturated heterocycles. The normalized spacial score (nSPS) is 26.8. The van der Waals surface area contributed by atoms with Crippen LogP contribution >= 0.6 is 35.6 Å². The number of fused-ring (bicyclic) bond motifs is 4. The average molecular weight is 1030 g/mol. The molecule has 0 spiro atoms. The second kappa shape index (κ2) is 25.9. The van der Waals surface area contributed by atoms with E-state index in [1.54, 1.807) is 48.5 Å². The van der Waals surface area contributed by atoms with Gasteiger partial charge >= 0.3 is 30.9 Å². The van der Waals surface area contributed by atoms with Gasteiger partial charge in [0, 0.05) is 52.4 Å². The van der Waals surface area contributed by atoms with Crippen molar-refractivity contribution in [3.05, 3.63) is 59.7 Å². The number of carbonyl (C=O) groups excluding carboxylic acids is 4. The van der Waals surface area contributed by atoms with Crippen molar-refractivity contribution in [2.75, 3.05) is 71.8 Å². The van der Waals surface area contributed by atoms with Crippen LogP contribution in [0.25, 0.3) is 0 Å². The highest BCUT2D eigenvalue weighted by Crippen LogP contribution is 2.46. The minimum absolute atomic E-state index is 0. The van der Waals surface area contributed by atoms with Gasteiger partial charge in [0.1, 0.15) is 23.6 Å². The maximum atomic E-state index is 13.3. The molecule has 6 fully saturated rings. The summed E-state index contributed by atoms with van der Waals surface area (Å²) >= 11 is 9.53. The summed E-state index contributed by atoms with van der Waals surface area (Å²) < 4.78 is 23.1. The summed E-state index contributed by atoms with van der Waals surface area (Å²) in [4.78, 5) is 83.0. The van der Waals surface area contributed by atoms with Crippen LogP contribution in [0.2, 0.25) is 6.82 Å². The topological polar surface area (TPSA) is 251 Å². The van der Waals surface area contributed by atoms with Crippen molar-refractivity contribution in [2.24, 2.45) is 29.4 Å². The number of ether oxygens (including phenoxy) is 4.